The fourth-order valence-electron chi connectivity index (χ4n) is 3.06. The van der Waals surface area contributed by atoms with Crippen molar-refractivity contribution in [1.29, 1.82) is 0 Å². The Morgan fingerprint density at radius 3 is 2.41 bits per heavy atom. The Morgan fingerprint density at radius 1 is 1.29 bits per heavy atom. The van der Waals surface area contributed by atoms with E-state index >= 15 is 0 Å². The van der Waals surface area contributed by atoms with Crippen LogP contribution in [0.25, 0.3) is 0 Å². The summed E-state index contributed by atoms with van der Waals surface area (Å²) in [6, 6.07) is 0.753. The minimum Gasteiger partial charge on any atom is -0.313 e. The quantitative estimate of drug-likeness (QED) is 0.753. The molecule has 1 unspecified atom stereocenters. The van der Waals surface area contributed by atoms with Crippen molar-refractivity contribution >= 4 is 11.8 Å². The van der Waals surface area contributed by atoms with Crippen LogP contribution in [0, 0.1) is 5.41 Å². The van der Waals surface area contributed by atoms with Gasteiger partial charge < -0.3 is 5.32 Å². The predicted octanol–water partition coefficient (Wildman–Crippen LogP) is 4.47. The van der Waals surface area contributed by atoms with Crippen LogP contribution in [-0.4, -0.2) is 23.6 Å². The van der Waals surface area contributed by atoms with Gasteiger partial charge in [0.25, 0.3) is 0 Å². The smallest absolute Gasteiger partial charge is 0.0276 e. The van der Waals surface area contributed by atoms with Crippen LogP contribution in [0.3, 0.4) is 0 Å². The SMILES string of the molecule is CCC(CC)(CNC1CCCC(C)(C)C1)SC. The van der Waals surface area contributed by atoms with Gasteiger partial charge in [-0.1, -0.05) is 34.1 Å². The van der Waals surface area contributed by atoms with Gasteiger partial charge >= 0.3 is 0 Å². The Morgan fingerprint density at radius 2 is 1.94 bits per heavy atom. The third-order valence-electron chi connectivity index (χ3n) is 4.64. The molecule has 1 fully saturated rings. The van der Waals surface area contributed by atoms with Gasteiger partial charge in [-0.05, 0) is 43.8 Å². The lowest BCUT2D eigenvalue weighted by Gasteiger charge is -2.38. The van der Waals surface area contributed by atoms with E-state index in [0.29, 0.717) is 10.2 Å². The number of rotatable bonds is 6. The summed E-state index contributed by atoms with van der Waals surface area (Å²) in [5, 5.41) is 3.85. The number of nitrogens with one attached hydrogen (secondary N) is 1. The lowest BCUT2D eigenvalue weighted by molar-refractivity contribution is 0.195. The van der Waals surface area contributed by atoms with E-state index in [9.17, 15) is 0 Å². The molecule has 0 bridgehead atoms. The topological polar surface area (TPSA) is 12.0 Å². The first-order chi connectivity index (χ1) is 7.97. The van der Waals surface area contributed by atoms with E-state index in [0.717, 1.165) is 6.04 Å². The van der Waals surface area contributed by atoms with Crippen molar-refractivity contribution in [2.45, 2.75) is 77.0 Å². The van der Waals surface area contributed by atoms with Crippen LogP contribution >= 0.6 is 11.8 Å². The third-order valence-corrected chi connectivity index (χ3v) is 6.23. The van der Waals surface area contributed by atoms with Crippen LogP contribution in [-0.2, 0) is 0 Å². The molecule has 17 heavy (non-hydrogen) atoms. The first-order valence-corrected chi connectivity index (χ1v) is 8.48. The van der Waals surface area contributed by atoms with Gasteiger partial charge in [-0.15, -0.1) is 0 Å². The summed E-state index contributed by atoms with van der Waals surface area (Å²) < 4.78 is 0.460. The highest BCUT2D eigenvalue weighted by Crippen LogP contribution is 2.36. The average Bonchev–Trinajstić information content (AvgIpc) is 2.30. The van der Waals surface area contributed by atoms with E-state index in [2.05, 4.69) is 39.3 Å². The highest BCUT2D eigenvalue weighted by Gasteiger charge is 2.30. The Bertz CT molecular complexity index is 213. The second-order valence-corrected chi connectivity index (χ2v) is 7.71. The Labute approximate surface area is 113 Å². The summed E-state index contributed by atoms with van der Waals surface area (Å²) in [7, 11) is 0. The van der Waals surface area contributed by atoms with Crippen LogP contribution in [0.4, 0.5) is 0 Å². The normalized spacial score (nSPS) is 24.9. The van der Waals surface area contributed by atoms with E-state index in [4.69, 9.17) is 0 Å². The standard InChI is InChI=1S/C15H31NS/c1-6-15(7-2,17-5)12-16-13-9-8-10-14(3,4)11-13/h13,16H,6-12H2,1-5H3. The van der Waals surface area contributed by atoms with Crippen molar-refractivity contribution in [3.8, 4) is 0 Å². The molecule has 102 valence electrons. The lowest BCUT2D eigenvalue weighted by Crippen LogP contribution is -2.44. The monoisotopic (exact) mass is 257 g/mol. The molecule has 0 aromatic heterocycles. The molecule has 1 aliphatic carbocycles. The van der Waals surface area contributed by atoms with E-state index in [1.165, 1.54) is 45.1 Å². The lowest BCUT2D eigenvalue weighted by atomic mass is 9.75. The van der Waals surface area contributed by atoms with Gasteiger partial charge in [0.2, 0.25) is 0 Å². The van der Waals surface area contributed by atoms with Crippen LogP contribution in [0.2, 0.25) is 0 Å². The predicted molar refractivity (Wildman–Crippen MR) is 80.9 cm³/mol. The van der Waals surface area contributed by atoms with Crippen molar-refractivity contribution in [2.24, 2.45) is 5.41 Å². The first kappa shape index (κ1) is 15.4. The van der Waals surface area contributed by atoms with Gasteiger partial charge in [-0.2, -0.15) is 11.8 Å². The molecule has 1 saturated carbocycles. The first-order valence-electron chi connectivity index (χ1n) is 7.25. The fourth-order valence-corrected chi connectivity index (χ4v) is 3.87. The van der Waals surface area contributed by atoms with Crippen LogP contribution < -0.4 is 5.32 Å². The van der Waals surface area contributed by atoms with Crippen LogP contribution in [0.1, 0.15) is 66.2 Å². The maximum absolute atomic E-state index is 3.85. The summed E-state index contributed by atoms with van der Waals surface area (Å²) >= 11 is 2.04. The molecule has 1 N–H and O–H groups in total. The van der Waals surface area contributed by atoms with E-state index in [-0.39, 0.29) is 0 Å². The molecule has 1 rings (SSSR count). The Balaban J connectivity index is 2.44. The molecule has 0 amide bonds. The van der Waals surface area contributed by atoms with Crippen molar-refractivity contribution in [3.05, 3.63) is 0 Å². The summed E-state index contributed by atoms with van der Waals surface area (Å²) in [5.74, 6) is 0. The highest BCUT2D eigenvalue weighted by molar-refractivity contribution is 8.00. The maximum Gasteiger partial charge on any atom is 0.0276 e. The van der Waals surface area contributed by atoms with Crippen LogP contribution in [0.15, 0.2) is 0 Å². The highest BCUT2D eigenvalue weighted by atomic mass is 32.2. The van der Waals surface area contributed by atoms with E-state index < -0.39 is 0 Å². The maximum atomic E-state index is 3.85. The molecule has 0 aromatic carbocycles. The minimum absolute atomic E-state index is 0.460. The largest absolute Gasteiger partial charge is 0.313 e. The number of hydrogen-bond acceptors (Lipinski definition) is 2. The molecule has 0 spiro atoms. The third kappa shape index (κ3) is 4.48. The molecular formula is C15H31NS. The van der Waals surface area contributed by atoms with Gasteiger partial charge in [-0.3, -0.25) is 0 Å². The van der Waals surface area contributed by atoms with Crippen molar-refractivity contribution in [2.75, 3.05) is 12.8 Å². The summed E-state index contributed by atoms with van der Waals surface area (Å²) in [5.41, 5.74) is 0.552. The zero-order valence-corrected chi connectivity index (χ0v) is 13.3. The van der Waals surface area contributed by atoms with Gasteiger partial charge in [0.15, 0.2) is 0 Å². The fraction of sp³-hybridized carbons (Fsp3) is 1.00. The van der Waals surface area contributed by atoms with Crippen molar-refractivity contribution < 1.29 is 0 Å². The summed E-state index contributed by atoms with van der Waals surface area (Å²) in [6.07, 6.45) is 10.3. The van der Waals surface area contributed by atoms with Gasteiger partial charge in [0, 0.05) is 17.3 Å². The second-order valence-electron chi connectivity index (χ2n) is 6.43. The summed E-state index contributed by atoms with van der Waals surface area (Å²) in [4.78, 5) is 0. The molecular weight excluding hydrogens is 226 g/mol. The zero-order chi connectivity index (χ0) is 12.9. The molecule has 0 aromatic rings. The van der Waals surface area contributed by atoms with Crippen molar-refractivity contribution in [1.82, 2.24) is 5.32 Å². The van der Waals surface area contributed by atoms with Gasteiger partial charge in [0.1, 0.15) is 0 Å². The number of thioether (sulfide) groups is 1. The van der Waals surface area contributed by atoms with E-state index in [1.807, 2.05) is 11.8 Å². The van der Waals surface area contributed by atoms with Gasteiger partial charge in [0.05, 0.1) is 0 Å². The molecule has 0 aliphatic heterocycles. The molecule has 0 saturated heterocycles. The molecule has 1 aliphatic rings. The Kier molecular flexibility index (Phi) is 5.85. The second kappa shape index (κ2) is 6.47. The molecule has 0 heterocycles. The molecule has 1 nitrogen and oxygen atoms in total. The Hall–Kier alpha value is 0.310. The molecule has 2 heteroatoms. The molecule has 0 radical (unpaired) electrons. The average molecular weight is 257 g/mol. The van der Waals surface area contributed by atoms with Gasteiger partial charge in [-0.25, -0.2) is 0 Å². The van der Waals surface area contributed by atoms with Crippen molar-refractivity contribution in [3.63, 3.8) is 0 Å². The van der Waals surface area contributed by atoms with E-state index in [1.54, 1.807) is 0 Å². The van der Waals surface area contributed by atoms with Crippen LogP contribution in [0.5, 0.6) is 0 Å². The minimum atomic E-state index is 0.460. The zero-order valence-electron chi connectivity index (χ0n) is 12.4. The molecule has 1 atom stereocenters. The number of hydrogen-bond donors (Lipinski definition) is 1. The summed E-state index contributed by atoms with van der Waals surface area (Å²) in [6.45, 7) is 10.7.